The van der Waals surface area contributed by atoms with Crippen LogP contribution in [0.25, 0.3) is 0 Å². The van der Waals surface area contributed by atoms with Gasteiger partial charge in [-0.3, -0.25) is 9.59 Å². The molecule has 2 unspecified atom stereocenters. The van der Waals surface area contributed by atoms with Crippen molar-refractivity contribution in [2.45, 2.75) is 58.7 Å². The van der Waals surface area contributed by atoms with E-state index in [4.69, 9.17) is 23.2 Å². The topological polar surface area (TPSA) is 49.4 Å². The molecule has 0 fully saturated rings. The summed E-state index contributed by atoms with van der Waals surface area (Å²) in [7, 11) is 0. The van der Waals surface area contributed by atoms with Crippen molar-refractivity contribution in [3.8, 4) is 0 Å². The normalized spacial score (nSPS) is 12.6. The van der Waals surface area contributed by atoms with E-state index in [1.165, 1.54) is 0 Å². The van der Waals surface area contributed by atoms with E-state index >= 15 is 0 Å². The monoisotopic (exact) mass is 510 g/mol. The second-order valence-electron chi connectivity index (χ2n) is 8.88. The molecule has 3 aromatic rings. The van der Waals surface area contributed by atoms with Gasteiger partial charge in [0, 0.05) is 29.1 Å². The van der Waals surface area contributed by atoms with Gasteiger partial charge in [0.15, 0.2) is 0 Å². The Morgan fingerprint density at radius 3 is 2.29 bits per heavy atom. The van der Waals surface area contributed by atoms with Gasteiger partial charge in [-0.05, 0) is 54.7 Å². The maximum Gasteiger partial charge on any atom is 0.243 e. The highest BCUT2D eigenvalue weighted by molar-refractivity contribution is 6.35. The third-order valence-corrected chi connectivity index (χ3v) is 6.82. The molecule has 1 N–H and O–H groups in total. The molecule has 0 saturated heterocycles. The van der Waals surface area contributed by atoms with Crippen molar-refractivity contribution < 1.29 is 9.59 Å². The highest BCUT2D eigenvalue weighted by Gasteiger charge is 2.31. The van der Waals surface area contributed by atoms with Crippen LogP contribution < -0.4 is 5.32 Å². The zero-order chi connectivity index (χ0) is 25.4. The van der Waals surface area contributed by atoms with Gasteiger partial charge < -0.3 is 10.2 Å². The molecule has 0 radical (unpaired) electrons. The van der Waals surface area contributed by atoms with E-state index in [2.05, 4.69) is 5.32 Å². The van der Waals surface area contributed by atoms with Gasteiger partial charge in [0.25, 0.3) is 0 Å². The van der Waals surface area contributed by atoms with Crippen molar-refractivity contribution in [3.63, 3.8) is 0 Å². The minimum absolute atomic E-state index is 0.00628. The van der Waals surface area contributed by atoms with Crippen LogP contribution in [0.3, 0.4) is 0 Å². The molecule has 0 aliphatic heterocycles. The van der Waals surface area contributed by atoms with Gasteiger partial charge in [-0.15, -0.1) is 0 Å². The number of amides is 2. The fraction of sp³-hybridized carbons (Fsp3) is 0.310. The van der Waals surface area contributed by atoms with Crippen molar-refractivity contribution in [1.29, 1.82) is 0 Å². The third kappa shape index (κ3) is 7.58. The molecule has 3 aromatic carbocycles. The zero-order valence-corrected chi connectivity index (χ0v) is 21.9. The van der Waals surface area contributed by atoms with Crippen LogP contribution in [0.5, 0.6) is 0 Å². The molecule has 0 saturated carbocycles. The second-order valence-corrected chi connectivity index (χ2v) is 9.73. The van der Waals surface area contributed by atoms with Crippen molar-refractivity contribution in [2.24, 2.45) is 0 Å². The SMILES string of the molecule is CCC(C)NC(=O)C(Cc1ccccc1)N(Cc1ccc(Cl)cc1Cl)C(=O)Cc1ccccc1C. The smallest absolute Gasteiger partial charge is 0.243 e. The zero-order valence-electron chi connectivity index (χ0n) is 20.4. The minimum Gasteiger partial charge on any atom is -0.352 e. The molecule has 0 bridgehead atoms. The number of nitrogens with one attached hydrogen (secondary N) is 1. The van der Waals surface area contributed by atoms with Gasteiger partial charge >= 0.3 is 0 Å². The molecule has 3 rings (SSSR count). The Balaban J connectivity index is 2.01. The number of nitrogens with zero attached hydrogens (tertiary/aromatic N) is 1. The largest absolute Gasteiger partial charge is 0.352 e. The Bertz CT molecular complexity index is 1150. The molecular formula is C29H32Cl2N2O2. The summed E-state index contributed by atoms with van der Waals surface area (Å²) in [6.07, 6.45) is 1.39. The van der Waals surface area contributed by atoms with Gasteiger partial charge in [0.2, 0.25) is 11.8 Å². The molecule has 0 aliphatic rings. The van der Waals surface area contributed by atoms with E-state index in [1.807, 2.05) is 81.4 Å². The van der Waals surface area contributed by atoms with E-state index in [0.717, 1.165) is 28.7 Å². The lowest BCUT2D eigenvalue weighted by Crippen LogP contribution is -2.52. The number of rotatable bonds is 10. The lowest BCUT2D eigenvalue weighted by molar-refractivity contribution is -0.141. The minimum atomic E-state index is -0.699. The maximum atomic E-state index is 13.8. The quantitative estimate of drug-likeness (QED) is 0.343. The molecule has 0 heterocycles. The van der Waals surface area contributed by atoms with Crippen LogP contribution >= 0.6 is 23.2 Å². The first-order valence-electron chi connectivity index (χ1n) is 11.9. The summed E-state index contributed by atoms with van der Waals surface area (Å²) >= 11 is 12.6. The molecule has 2 atom stereocenters. The van der Waals surface area contributed by atoms with Crippen LogP contribution in [-0.2, 0) is 29.0 Å². The summed E-state index contributed by atoms with van der Waals surface area (Å²) in [6.45, 7) is 6.17. The standard InChI is InChI=1S/C29H32Cl2N2O2/c1-4-21(3)32-29(35)27(16-22-11-6-5-7-12-22)33(19-24-14-15-25(30)18-26(24)31)28(34)17-23-13-9-8-10-20(23)2/h5-15,18,21,27H,4,16-17,19H2,1-3H3,(H,32,35). The van der Waals surface area contributed by atoms with Gasteiger partial charge in [-0.2, -0.15) is 0 Å². The summed E-state index contributed by atoms with van der Waals surface area (Å²) in [5.74, 6) is -0.308. The van der Waals surface area contributed by atoms with Crippen LogP contribution in [0.2, 0.25) is 10.0 Å². The highest BCUT2D eigenvalue weighted by Crippen LogP contribution is 2.25. The van der Waals surface area contributed by atoms with E-state index in [-0.39, 0.29) is 30.8 Å². The number of hydrogen-bond acceptors (Lipinski definition) is 2. The second kappa shape index (κ2) is 12.8. The van der Waals surface area contributed by atoms with Crippen molar-refractivity contribution >= 4 is 35.0 Å². The third-order valence-electron chi connectivity index (χ3n) is 6.23. The Morgan fingerprint density at radius 1 is 0.943 bits per heavy atom. The average Bonchev–Trinajstić information content (AvgIpc) is 2.84. The Kier molecular flexibility index (Phi) is 9.76. The van der Waals surface area contributed by atoms with Crippen LogP contribution in [0.4, 0.5) is 0 Å². The van der Waals surface area contributed by atoms with Crippen LogP contribution in [0, 0.1) is 6.92 Å². The van der Waals surface area contributed by atoms with E-state index in [1.54, 1.807) is 17.0 Å². The Hall–Kier alpha value is -2.82. The molecule has 0 spiro atoms. The van der Waals surface area contributed by atoms with Gasteiger partial charge in [0.05, 0.1) is 6.42 Å². The Labute approximate surface area is 218 Å². The molecular weight excluding hydrogens is 479 g/mol. The molecule has 6 heteroatoms. The molecule has 4 nitrogen and oxygen atoms in total. The summed E-state index contributed by atoms with van der Waals surface area (Å²) in [6, 6.07) is 22.1. The lowest BCUT2D eigenvalue weighted by atomic mass is 10.00. The highest BCUT2D eigenvalue weighted by atomic mass is 35.5. The van der Waals surface area contributed by atoms with E-state index < -0.39 is 6.04 Å². The van der Waals surface area contributed by atoms with Crippen LogP contribution in [-0.4, -0.2) is 28.8 Å². The maximum absolute atomic E-state index is 13.8. The summed E-state index contributed by atoms with van der Waals surface area (Å²) in [5.41, 5.74) is 3.69. The molecule has 0 aliphatic carbocycles. The molecule has 2 amide bonds. The van der Waals surface area contributed by atoms with Crippen LogP contribution in [0.15, 0.2) is 72.8 Å². The summed E-state index contributed by atoms with van der Waals surface area (Å²) < 4.78 is 0. The summed E-state index contributed by atoms with van der Waals surface area (Å²) in [5, 5.41) is 4.07. The first kappa shape index (κ1) is 26.8. The fourth-order valence-electron chi connectivity index (χ4n) is 3.90. The van der Waals surface area contributed by atoms with Crippen molar-refractivity contribution in [3.05, 3.63) is 105 Å². The lowest BCUT2D eigenvalue weighted by Gasteiger charge is -2.33. The van der Waals surface area contributed by atoms with E-state index in [9.17, 15) is 9.59 Å². The predicted molar refractivity (Wildman–Crippen MR) is 144 cm³/mol. The molecule has 0 aromatic heterocycles. The number of carbonyl (C=O) groups is 2. The fourth-order valence-corrected chi connectivity index (χ4v) is 4.37. The average molecular weight is 511 g/mol. The van der Waals surface area contributed by atoms with Gasteiger partial charge in [-0.1, -0.05) is 90.8 Å². The van der Waals surface area contributed by atoms with Gasteiger partial charge in [-0.25, -0.2) is 0 Å². The number of hydrogen-bond donors (Lipinski definition) is 1. The van der Waals surface area contributed by atoms with Crippen molar-refractivity contribution in [1.82, 2.24) is 10.2 Å². The number of halogens is 2. The van der Waals surface area contributed by atoms with Crippen molar-refractivity contribution in [2.75, 3.05) is 0 Å². The number of aryl methyl sites for hydroxylation is 1. The summed E-state index contributed by atoms with van der Waals surface area (Å²) in [4.78, 5) is 29.0. The predicted octanol–water partition coefficient (Wildman–Crippen LogP) is 6.40. The Morgan fingerprint density at radius 2 is 1.63 bits per heavy atom. The molecule has 184 valence electrons. The van der Waals surface area contributed by atoms with Gasteiger partial charge in [0.1, 0.15) is 6.04 Å². The first-order valence-corrected chi connectivity index (χ1v) is 12.7. The number of carbonyl (C=O) groups excluding carboxylic acids is 2. The van der Waals surface area contributed by atoms with Crippen LogP contribution in [0.1, 0.15) is 42.5 Å². The number of benzene rings is 3. The van der Waals surface area contributed by atoms with E-state index in [0.29, 0.717) is 16.5 Å². The first-order chi connectivity index (χ1) is 16.8. The molecule has 35 heavy (non-hydrogen) atoms.